The molecular formula is C20H20O6. The molecular weight excluding hydrogens is 336 g/mol. The summed E-state index contributed by atoms with van der Waals surface area (Å²) < 4.78 is 26.9. The van der Waals surface area contributed by atoms with Crippen molar-refractivity contribution in [1.29, 1.82) is 0 Å². The number of carbonyl (C=O) groups excluding carboxylic acids is 1. The maximum Gasteiger partial charge on any atom is 0.199 e. The monoisotopic (exact) mass is 356 g/mol. The topological polar surface area (TPSA) is 63.2 Å². The Hall–Kier alpha value is -3.15. The van der Waals surface area contributed by atoms with Gasteiger partial charge in [0.2, 0.25) is 0 Å². The molecule has 1 aliphatic rings. The molecule has 0 N–H and O–H groups in total. The van der Waals surface area contributed by atoms with E-state index in [2.05, 4.69) is 0 Å². The molecule has 1 aliphatic heterocycles. The Bertz CT molecular complexity index is 852. The molecule has 6 heteroatoms. The lowest BCUT2D eigenvalue weighted by Crippen LogP contribution is -2.20. The molecule has 0 saturated carbocycles. The minimum Gasteiger partial charge on any atom is -0.496 e. The molecule has 26 heavy (non-hydrogen) atoms. The number of benzene rings is 2. The highest BCUT2D eigenvalue weighted by Crippen LogP contribution is 2.39. The first-order chi connectivity index (χ1) is 12.6. The van der Waals surface area contributed by atoms with Crippen molar-refractivity contribution >= 4 is 11.9 Å². The molecule has 0 saturated heterocycles. The molecule has 0 unspecified atom stereocenters. The van der Waals surface area contributed by atoms with Gasteiger partial charge in [0.15, 0.2) is 17.3 Å². The Kier molecular flexibility index (Phi) is 5.02. The molecule has 0 aliphatic carbocycles. The number of ether oxygens (including phenoxy) is 5. The van der Waals surface area contributed by atoms with Gasteiger partial charge in [0.25, 0.3) is 0 Å². The normalized spacial score (nSPS) is 14.5. The van der Waals surface area contributed by atoms with E-state index in [9.17, 15) is 4.79 Å². The van der Waals surface area contributed by atoms with Crippen LogP contribution in [0.25, 0.3) is 6.08 Å². The molecule has 1 heterocycles. The van der Waals surface area contributed by atoms with Gasteiger partial charge in [-0.3, -0.25) is 4.79 Å². The second-order valence-corrected chi connectivity index (χ2v) is 5.60. The van der Waals surface area contributed by atoms with Gasteiger partial charge in [-0.15, -0.1) is 0 Å². The molecule has 0 spiro atoms. The summed E-state index contributed by atoms with van der Waals surface area (Å²) in [6, 6.07) is 8.80. The number of fused-ring (bicyclic) bond motifs is 1. The van der Waals surface area contributed by atoms with E-state index in [1.165, 1.54) is 7.11 Å². The summed E-state index contributed by atoms with van der Waals surface area (Å²) in [4.78, 5) is 13.0. The molecule has 6 nitrogen and oxygen atoms in total. The molecule has 0 aromatic heterocycles. The summed E-state index contributed by atoms with van der Waals surface area (Å²) in [6.07, 6.45) is 1.77. The summed E-state index contributed by atoms with van der Waals surface area (Å²) in [5, 5.41) is 0. The summed E-state index contributed by atoms with van der Waals surface area (Å²) in [5.41, 5.74) is 1.73. The van der Waals surface area contributed by atoms with Crippen LogP contribution in [0.15, 0.2) is 35.9 Å². The smallest absolute Gasteiger partial charge is 0.199 e. The van der Waals surface area contributed by atoms with E-state index >= 15 is 0 Å². The van der Waals surface area contributed by atoms with Crippen LogP contribution < -0.4 is 23.7 Å². The SMILES string of the molecule is COc1cc(OC)c2c(c1)OC/C(=C\c1ccc(OC)c(OC)c1)C2=O. The van der Waals surface area contributed by atoms with Gasteiger partial charge in [-0.2, -0.15) is 0 Å². The van der Waals surface area contributed by atoms with Crippen LogP contribution in [0, 0.1) is 0 Å². The van der Waals surface area contributed by atoms with Gasteiger partial charge in [0, 0.05) is 17.7 Å². The third-order valence-corrected chi connectivity index (χ3v) is 4.15. The summed E-state index contributed by atoms with van der Waals surface area (Å²) in [5.74, 6) is 2.52. The molecule has 0 bridgehead atoms. The van der Waals surface area contributed by atoms with E-state index in [0.717, 1.165) is 5.56 Å². The maximum absolute atomic E-state index is 13.0. The van der Waals surface area contributed by atoms with Gasteiger partial charge in [0.05, 0.1) is 28.4 Å². The summed E-state index contributed by atoms with van der Waals surface area (Å²) in [6.45, 7) is 0.163. The highest BCUT2D eigenvalue weighted by molar-refractivity contribution is 6.15. The summed E-state index contributed by atoms with van der Waals surface area (Å²) >= 11 is 0. The van der Waals surface area contributed by atoms with Gasteiger partial charge in [-0.05, 0) is 23.8 Å². The van der Waals surface area contributed by atoms with Crippen LogP contribution in [0.5, 0.6) is 28.7 Å². The number of rotatable bonds is 5. The highest BCUT2D eigenvalue weighted by Gasteiger charge is 2.28. The highest BCUT2D eigenvalue weighted by atomic mass is 16.5. The Morgan fingerprint density at radius 2 is 1.62 bits per heavy atom. The molecule has 0 fully saturated rings. The van der Waals surface area contributed by atoms with Crippen LogP contribution in [0.1, 0.15) is 15.9 Å². The number of methoxy groups -OCH3 is 4. The predicted molar refractivity (Wildman–Crippen MR) is 96.9 cm³/mol. The Morgan fingerprint density at radius 1 is 0.885 bits per heavy atom. The molecule has 0 radical (unpaired) electrons. The van der Waals surface area contributed by atoms with Gasteiger partial charge in [-0.25, -0.2) is 0 Å². The number of Topliss-reactive ketones (excluding diaryl/α,β-unsaturated/α-hetero) is 1. The van der Waals surface area contributed by atoms with Crippen LogP contribution in [-0.4, -0.2) is 40.8 Å². The minimum atomic E-state index is -0.138. The average Bonchev–Trinajstić information content (AvgIpc) is 2.68. The van der Waals surface area contributed by atoms with Crippen molar-refractivity contribution in [3.63, 3.8) is 0 Å². The lowest BCUT2D eigenvalue weighted by molar-refractivity contribution is 0.0997. The first-order valence-corrected chi connectivity index (χ1v) is 7.97. The second-order valence-electron chi connectivity index (χ2n) is 5.60. The average molecular weight is 356 g/mol. The van der Waals surface area contributed by atoms with Crippen molar-refractivity contribution in [3.8, 4) is 28.7 Å². The maximum atomic E-state index is 13.0. The van der Waals surface area contributed by atoms with Gasteiger partial charge < -0.3 is 23.7 Å². The van der Waals surface area contributed by atoms with Crippen molar-refractivity contribution in [3.05, 3.63) is 47.0 Å². The standard InChI is InChI=1S/C20H20O6/c1-22-14-9-17(25-4)19-18(10-14)26-11-13(20(19)21)7-12-5-6-15(23-2)16(8-12)24-3/h5-10H,11H2,1-4H3/b13-7+. The quantitative estimate of drug-likeness (QED) is 0.766. The fourth-order valence-corrected chi connectivity index (χ4v) is 2.81. The van der Waals surface area contributed by atoms with E-state index in [1.54, 1.807) is 51.7 Å². The third-order valence-electron chi connectivity index (χ3n) is 4.15. The number of hydrogen-bond acceptors (Lipinski definition) is 6. The summed E-state index contributed by atoms with van der Waals surface area (Å²) in [7, 11) is 6.20. The van der Waals surface area contributed by atoms with Gasteiger partial charge in [0.1, 0.15) is 29.4 Å². The fourth-order valence-electron chi connectivity index (χ4n) is 2.81. The Morgan fingerprint density at radius 3 is 2.27 bits per heavy atom. The zero-order valence-corrected chi connectivity index (χ0v) is 15.1. The zero-order chi connectivity index (χ0) is 18.7. The van der Waals surface area contributed by atoms with E-state index in [-0.39, 0.29) is 12.4 Å². The number of carbonyl (C=O) groups is 1. The zero-order valence-electron chi connectivity index (χ0n) is 15.1. The fraction of sp³-hybridized carbons (Fsp3) is 0.250. The lowest BCUT2D eigenvalue weighted by atomic mass is 9.97. The molecule has 0 atom stereocenters. The van der Waals surface area contributed by atoms with E-state index in [4.69, 9.17) is 23.7 Å². The number of hydrogen-bond donors (Lipinski definition) is 0. The first-order valence-electron chi connectivity index (χ1n) is 7.97. The molecule has 2 aromatic rings. The van der Waals surface area contributed by atoms with Crippen molar-refractivity contribution in [1.82, 2.24) is 0 Å². The molecule has 136 valence electrons. The van der Waals surface area contributed by atoms with Crippen LogP contribution in [0.4, 0.5) is 0 Å². The second kappa shape index (κ2) is 7.39. The first kappa shape index (κ1) is 17.7. The van der Waals surface area contributed by atoms with Crippen molar-refractivity contribution in [2.75, 3.05) is 35.0 Å². The third kappa shape index (κ3) is 3.18. The predicted octanol–water partition coefficient (Wildman–Crippen LogP) is 3.38. The van der Waals surface area contributed by atoms with Crippen LogP contribution in [0.2, 0.25) is 0 Å². The van der Waals surface area contributed by atoms with Crippen LogP contribution in [-0.2, 0) is 0 Å². The van der Waals surface area contributed by atoms with Crippen molar-refractivity contribution < 1.29 is 28.5 Å². The number of ketones is 1. The Balaban J connectivity index is 2.00. The lowest BCUT2D eigenvalue weighted by Gasteiger charge is -2.21. The van der Waals surface area contributed by atoms with E-state index < -0.39 is 0 Å². The molecule has 3 rings (SSSR count). The van der Waals surface area contributed by atoms with Crippen LogP contribution >= 0.6 is 0 Å². The van der Waals surface area contributed by atoms with Crippen molar-refractivity contribution in [2.24, 2.45) is 0 Å². The minimum absolute atomic E-state index is 0.138. The van der Waals surface area contributed by atoms with Gasteiger partial charge >= 0.3 is 0 Å². The largest absolute Gasteiger partial charge is 0.496 e. The van der Waals surface area contributed by atoms with E-state index in [1.807, 2.05) is 6.07 Å². The Labute approximate surface area is 151 Å². The van der Waals surface area contributed by atoms with Crippen molar-refractivity contribution in [2.45, 2.75) is 0 Å². The van der Waals surface area contributed by atoms with Crippen LogP contribution in [0.3, 0.4) is 0 Å². The van der Waals surface area contributed by atoms with Gasteiger partial charge in [-0.1, -0.05) is 6.07 Å². The van der Waals surface area contributed by atoms with E-state index in [0.29, 0.717) is 39.9 Å². The molecule has 0 amide bonds. The molecule has 2 aromatic carbocycles.